The molecule has 1 radical (unpaired) electrons. The van der Waals surface area contributed by atoms with Crippen LogP contribution < -0.4 is 0 Å². The van der Waals surface area contributed by atoms with Gasteiger partial charge in [-0.2, -0.15) is 0 Å². The zero-order valence-electron chi connectivity index (χ0n) is 4.29. The molecule has 0 atom stereocenters. The van der Waals surface area contributed by atoms with Crippen LogP contribution in [0.4, 0.5) is 0 Å². The summed E-state index contributed by atoms with van der Waals surface area (Å²) in [4.78, 5) is 0. The van der Waals surface area contributed by atoms with Crippen molar-refractivity contribution in [3.63, 3.8) is 0 Å². The molecule has 0 saturated carbocycles. The van der Waals surface area contributed by atoms with Gasteiger partial charge in [0.25, 0.3) is 0 Å². The van der Waals surface area contributed by atoms with Crippen LogP contribution in [-0.4, -0.2) is 5.37 Å². The van der Waals surface area contributed by atoms with E-state index >= 15 is 0 Å². The van der Waals surface area contributed by atoms with E-state index in [0.717, 1.165) is 5.56 Å². The molecule has 0 aromatic heterocycles. The topological polar surface area (TPSA) is 0 Å². The van der Waals surface area contributed by atoms with Gasteiger partial charge in [-0.05, 0) is 17.7 Å². The van der Waals surface area contributed by atoms with Gasteiger partial charge in [0.1, 0.15) is 0 Å². The Morgan fingerprint density at radius 3 is 2.88 bits per heavy atom. The van der Waals surface area contributed by atoms with E-state index < -0.39 is 0 Å². The van der Waals surface area contributed by atoms with Gasteiger partial charge < -0.3 is 0 Å². The van der Waals surface area contributed by atoms with Gasteiger partial charge in [0, 0.05) is 5.37 Å². The molecule has 0 aliphatic heterocycles. The molecular formula is C7H5S. The van der Waals surface area contributed by atoms with Gasteiger partial charge in [-0.15, -0.1) is 0 Å². The van der Waals surface area contributed by atoms with Crippen molar-refractivity contribution >= 4 is 17.6 Å². The van der Waals surface area contributed by atoms with Crippen LogP contribution in [0.25, 0.3) is 0 Å². The van der Waals surface area contributed by atoms with Gasteiger partial charge in [-0.1, -0.05) is 30.4 Å². The first-order valence-corrected chi connectivity index (χ1v) is 2.82. The number of hydrogen-bond donors (Lipinski definition) is 0. The van der Waals surface area contributed by atoms with Crippen molar-refractivity contribution in [2.45, 2.75) is 0 Å². The van der Waals surface area contributed by atoms with E-state index in [9.17, 15) is 0 Å². The summed E-state index contributed by atoms with van der Waals surface area (Å²) in [5.41, 5.74) is 1.04. The molecular weight excluding hydrogens is 116 g/mol. The molecule has 0 saturated heterocycles. The van der Waals surface area contributed by atoms with Gasteiger partial charge in [-0.25, -0.2) is 0 Å². The van der Waals surface area contributed by atoms with Crippen LogP contribution in [-0.2, 0) is 0 Å². The Balaban J connectivity index is 2.99. The summed E-state index contributed by atoms with van der Waals surface area (Å²) in [6.07, 6.45) is 0. The number of benzene rings is 1. The summed E-state index contributed by atoms with van der Waals surface area (Å²) in [7, 11) is 0. The third-order valence-electron chi connectivity index (χ3n) is 0.867. The minimum absolute atomic E-state index is 1.04. The number of hydrogen-bond acceptors (Lipinski definition) is 1. The van der Waals surface area contributed by atoms with Crippen molar-refractivity contribution < 1.29 is 0 Å². The molecule has 0 bridgehead atoms. The molecule has 0 amide bonds. The predicted molar refractivity (Wildman–Crippen MR) is 38.0 cm³/mol. The Hall–Kier alpha value is -0.690. The zero-order chi connectivity index (χ0) is 5.82. The fourth-order valence-electron chi connectivity index (χ4n) is 0.481. The van der Waals surface area contributed by atoms with E-state index in [-0.39, 0.29) is 0 Å². The quantitative estimate of drug-likeness (QED) is 0.511. The average Bonchev–Trinajstić information content (AvgIpc) is 1.90. The monoisotopic (exact) mass is 121 g/mol. The Labute approximate surface area is 54.2 Å². The van der Waals surface area contributed by atoms with Gasteiger partial charge in [-0.3, -0.25) is 0 Å². The Bertz CT molecular complexity index is 167. The van der Waals surface area contributed by atoms with Crippen molar-refractivity contribution in [3.8, 4) is 0 Å². The molecule has 0 aliphatic carbocycles. The van der Waals surface area contributed by atoms with Gasteiger partial charge in [0.2, 0.25) is 0 Å². The van der Waals surface area contributed by atoms with Crippen LogP contribution in [0.15, 0.2) is 24.3 Å². The van der Waals surface area contributed by atoms with E-state index in [0.29, 0.717) is 0 Å². The lowest BCUT2D eigenvalue weighted by Gasteiger charge is -1.83. The Kier molecular flexibility index (Phi) is 1.75. The highest BCUT2D eigenvalue weighted by molar-refractivity contribution is 7.79. The largest absolute Gasteiger partial charge is 0.0881 e. The maximum atomic E-state index is 4.67. The van der Waals surface area contributed by atoms with E-state index in [1.54, 1.807) is 5.37 Å². The lowest BCUT2D eigenvalue weighted by Crippen LogP contribution is -1.72. The van der Waals surface area contributed by atoms with Gasteiger partial charge in [0.15, 0.2) is 0 Å². The summed E-state index contributed by atoms with van der Waals surface area (Å²) < 4.78 is 0. The maximum Gasteiger partial charge on any atom is 0.00863 e. The number of thiocarbonyl (C=S) groups is 1. The first-order valence-electron chi connectivity index (χ1n) is 2.35. The van der Waals surface area contributed by atoms with E-state index in [1.165, 1.54) is 0 Å². The zero-order valence-corrected chi connectivity index (χ0v) is 5.11. The van der Waals surface area contributed by atoms with Crippen molar-refractivity contribution in [1.29, 1.82) is 0 Å². The van der Waals surface area contributed by atoms with E-state index in [1.807, 2.05) is 24.3 Å². The van der Waals surface area contributed by atoms with Crippen LogP contribution in [0.2, 0.25) is 0 Å². The van der Waals surface area contributed by atoms with Gasteiger partial charge >= 0.3 is 0 Å². The van der Waals surface area contributed by atoms with Crippen LogP contribution in [0.3, 0.4) is 0 Å². The third-order valence-corrected chi connectivity index (χ3v) is 1.14. The standard InChI is InChI=1S/C7H5S/c8-6-7-4-2-1-3-5-7/h1-2,4-6H. The highest BCUT2D eigenvalue weighted by Crippen LogP contribution is 1.91. The maximum absolute atomic E-state index is 4.67. The average molecular weight is 121 g/mol. The molecule has 1 aromatic carbocycles. The molecule has 0 fully saturated rings. The predicted octanol–water partition coefficient (Wildman–Crippen LogP) is 1.83. The van der Waals surface area contributed by atoms with Crippen molar-refractivity contribution in [2.24, 2.45) is 0 Å². The van der Waals surface area contributed by atoms with Crippen LogP contribution in [0.1, 0.15) is 5.56 Å². The second kappa shape index (κ2) is 2.58. The first-order chi connectivity index (χ1) is 3.93. The minimum atomic E-state index is 1.04. The first kappa shape index (κ1) is 5.45. The lowest BCUT2D eigenvalue weighted by molar-refractivity contribution is 1.67. The SMILES string of the molecule is S=Cc1c[c]ccc1. The highest BCUT2D eigenvalue weighted by Gasteiger charge is 1.77. The third kappa shape index (κ3) is 1.14. The summed E-state index contributed by atoms with van der Waals surface area (Å²) >= 11 is 4.67. The second-order valence-corrected chi connectivity index (χ2v) is 1.69. The summed E-state index contributed by atoms with van der Waals surface area (Å²) in [5.74, 6) is 0. The van der Waals surface area contributed by atoms with Crippen LogP contribution >= 0.6 is 12.2 Å². The molecule has 1 rings (SSSR count). The molecule has 8 heavy (non-hydrogen) atoms. The molecule has 0 heterocycles. The molecule has 39 valence electrons. The molecule has 0 nitrogen and oxygen atoms in total. The highest BCUT2D eigenvalue weighted by atomic mass is 32.1. The number of rotatable bonds is 1. The van der Waals surface area contributed by atoms with Crippen molar-refractivity contribution in [3.05, 3.63) is 35.9 Å². The van der Waals surface area contributed by atoms with Crippen LogP contribution in [0.5, 0.6) is 0 Å². The summed E-state index contributed by atoms with van der Waals surface area (Å²) in [6, 6.07) is 10.5. The Morgan fingerprint density at radius 1 is 1.62 bits per heavy atom. The Morgan fingerprint density at radius 2 is 2.50 bits per heavy atom. The smallest absolute Gasteiger partial charge is 0.00863 e. The summed E-state index contributed by atoms with van der Waals surface area (Å²) in [5, 5.41) is 1.64. The van der Waals surface area contributed by atoms with Crippen molar-refractivity contribution in [1.82, 2.24) is 0 Å². The molecule has 0 N–H and O–H groups in total. The van der Waals surface area contributed by atoms with E-state index in [2.05, 4.69) is 18.3 Å². The normalized spacial score (nSPS) is 8.50. The fourth-order valence-corrected chi connectivity index (χ4v) is 0.627. The van der Waals surface area contributed by atoms with Crippen LogP contribution in [0, 0.1) is 6.07 Å². The molecule has 1 heteroatoms. The minimum Gasteiger partial charge on any atom is -0.0881 e. The second-order valence-electron chi connectivity index (χ2n) is 1.45. The lowest BCUT2D eigenvalue weighted by atomic mass is 10.2. The van der Waals surface area contributed by atoms with E-state index in [4.69, 9.17) is 0 Å². The molecule has 0 aliphatic rings. The van der Waals surface area contributed by atoms with Gasteiger partial charge in [0.05, 0.1) is 0 Å². The molecule has 0 spiro atoms. The van der Waals surface area contributed by atoms with Crippen molar-refractivity contribution in [2.75, 3.05) is 0 Å². The molecule has 0 unspecified atom stereocenters. The fraction of sp³-hybridized carbons (Fsp3) is 0. The summed E-state index contributed by atoms with van der Waals surface area (Å²) in [6.45, 7) is 0. The molecule has 1 aromatic rings.